The first-order valence-electron chi connectivity index (χ1n) is 7.24. The molecule has 19 heavy (non-hydrogen) atoms. The summed E-state index contributed by atoms with van der Waals surface area (Å²) in [6.45, 7) is 6.63. The van der Waals surface area contributed by atoms with Crippen molar-refractivity contribution in [1.29, 1.82) is 0 Å². The van der Waals surface area contributed by atoms with Crippen molar-refractivity contribution < 1.29 is 0 Å². The van der Waals surface area contributed by atoms with Crippen LogP contribution in [-0.2, 0) is 0 Å². The van der Waals surface area contributed by atoms with Crippen LogP contribution in [0.25, 0.3) is 0 Å². The third-order valence-corrected chi connectivity index (χ3v) is 4.56. The molecular formula is C15H24ClN3. The first-order chi connectivity index (χ1) is 9.00. The zero-order valence-electron chi connectivity index (χ0n) is 12.4. The molecule has 0 aliphatic heterocycles. The Hall–Kier alpha value is -0.830. The van der Waals surface area contributed by atoms with Crippen LogP contribution in [0.1, 0.15) is 57.9 Å². The van der Waals surface area contributed by atoms with E-state index in [-0.39, 0.29) is 0 Å². The van der Waals surface area contributed by atoms with Gasteiger partial charge in [-0.25, -0.2) is 9.97 Å². The van der Waals surface area contributed by atoms with E-state index in [4.69, 9.17) is 11.6 Å². The molecule has 106 valence electrons. The summed E-state index contributed by atoms with van der Waals surface area (Å²) in [6.07, 6.45) is 6.69. The number of nitrogens with zero attached hydrogens (tertiary/aromatic N) is 3. The SMILES string of the molecule is CC1CCC(N(C)c2ncnc(Cl)c2C(C)C)CC1. The molecule has 1 aliphatic rings. The van der Waals surface area contributed by atoms with Gasteiger partial charge in [0.15, 0.2) is 0 Å². The molecule has 1 saturated carbocycles. The van der Waals surface area contributed by atoms with Gasteiger partial charge in [0.2, 0.25) is 0 Å². The predicted octanol–water partition coefficient (Wildman–Crippen LogP) is 4.27. The summed E-state index contributed by atoms with van der Waals surface area (Å²) < 4.78 is 0. The monoisotopic (exact) mass is 281 g/mol. The van der Waals surface area contributed by atoms with Gasteiger partial charge in [-0.15, -0.1) is 0 Å². The number of aromatic nitrogens is 2. The van der Waals surface area contributed by atoms with Gasteiger partial charge in [-0.1, -0.05) is 32.4 Å². The molecule has 0 spiro atoms. The van der Waals surface area contributed by atoms with E-state index in [0.29, 0.717) is 17.1 Å². The van der Waals surface area contributed by atoms with Gasteiger partial charge in [0.25, 0.3) is 0 Å². The largest absolute Gasteiger partial charge is 0.356 e. The Morgan fingerprint density at radius 1 is 1.21 bits per heavy atom. The number of rotatable bonds is 3. The van der Waals surface area contributed by atoms with Gasteiger partial charge in [-0.05, 0) is 37.5 Å². The van der Waals surface area contributed by atoms with Crippen LogP contribution in [0.4, 0.5) is 5.82 Å². The molecule has 1 aliphatic carbocycles. The van der Waals surface area contributed by atoms with Crippen LogP contribution in [-0.4, -0.2) is 23.1 Å². The highest BCUT2D eigenvalue weighted by Crippen LogP contribution is 2.34. The van der Waals surface area contributed by atoms with Crippen molar-refractivity contribution in [3.63, 3.8) is 0 Å². The van der Waals surface area contributed by atoms with Crippen molar-refractivity contribution in [2.24, 2.45) is 5.92 Å². The van der Waals surface area contributed by atoms with Crippen molar-refractivity contribution in [2.45, 2.75) is 58.4 Å². The molecule has 0 amide bonds. The summed E-state index contributed by atoms with van der Waals surface area (Å²) in [5, 5.41) is 0.594. The second kappa shape index (κ2) is 6.08. The Morgan fingerprint density at radius 2 is 1.84 bits per heavy atom. The highest BCUT2D eigenvalue weighted by molar-refractivity contribution is 6.30. The third kappa shape index (κ3) is 3.19. The Morgan fingerprint density at radius 3 is 2.42 bits per heavy atom. The Bertz CT molecular complexity index is 425. The molecule has 1 aromatic rings. The van der Waals surface area contributed by atoms with Crippen LogP contribution in [0, 0.1) is 5.92 Å². The first-order valence-corrected chi connectivity index (χ1v) is 7.61. The van der Waals surface area contributed by atoms with Gasteiger partial charge in [-0.3, -0.25) is 0 Å². The lowest BCUT2D eigenvalue weighted by Gasteiger charge is -2.35. The van der Waals surface area contributed by atoms with Crippen LogP contribution in [0.5, 0.6) is 0 Å². The standard InChI is InChI=1S/C15H24ClN3/c1-10(2)13-14(16)17-9-18-15(13)19(4)12-7-5-11(3)6-8-12/h9-12H,5-8H2,1-4H3. The molecule has 0 saturated heterocycles. The predicted molar refractivity (Wildman–Crippen MR) is 81.0 cm³/mol. The highest BCUT2D eigenvalue weighted by Gasteiger charge is 2.25. The first kappa shape index (κ1) is 14.6. The van der Waals surface area contributed by atoms with Crippen LogP contribution in [0.3, 0.4) is 0 Å². The maximum Gasteiger partial charge on any atom is 0.138 e. The van der Waals surface area contributed by atoms with Crippen molar-refractivity contribution >= 4 is 17.4 Å². The maximum absolute atomic E-state index is 6.25. The summed E-state index contributed by atoms with van der Waals surface area (Å²) in [7, 11) is 2.14. The lowest BCUT2D eigenvalue weighted by molar-refractivity contribution is 0.339. The average Bonchev–Trinajstić information content (AvgIpc) is 2.38. The second-order valence-corrected chi connectivity index (χ2v) is 6.44. The Balaban J connectivity index is 2.23. The summed E-state index contributed by atoms with van der Waals surface area (Å²) in [4.78, 5) is 10.9. The fourth-order valence-electron chi connectivity index (χ4n) is 2.95. The van der Waals surface area contributed by atoms with Crippen molar-refractivity contribution in [2.75, 3.05) is 11.9 Å². The zero-order valence-corrected chi connectivity index (χ0v) is 13.1. The molecule has 3 nitrogen and oxygen atoms in total. The van der Waals surface area contributed by atoms with E-state index < -0.39 is 0 Å². The topological polar surface area (TPSA) is 29.0 Å². The van der Waals surface area contributed by atoms with E-state index in [1.807, 2.05) is 0 Å². The summed E-state index contributed by atoms with van der Waals surface area (Å²) in [5.41, 5.74) is 1.07. The molecule has 0 unspecified atom stereocenters. The van der Waals surface area contributed by atoms with E-state index in [1.165, 1.54) is 25.7 Å². The van der Waals surface area contributed by atoms with E-state index in [0.717, 1.165) is 17.3 Å². The molecule has 1 heterocycles. The van der Waals surface area contributed by atoms with Gasteiger partial charge in [0, 0.05) is 18.7 Å². The molecule has 0 bridgehead atoms. The van der Waals surface area contributed by atoms with Crippen molar-refractivity contribution in [3.8, 4) is 0 Å². The maximum atomic E-state index is 6.25. The summed E-state index contributed by atoms with van der Waals surface area (Å²) in [6, 6.07) is 0.583. The van der Waals surface area contributed by atoms with Gasteiger partial charge in [0.05, 0.1) is 0 Å². The van der Waals surface area contributed by atoms with Crippen molar-refractivity contribution in [3.05, 3.63) is 17.0 Å². The van der Waals surface area contributed by atoms with E-state index in [9.17, 15) is 0 Å². The van der Waals surface area contributed by atoms with Gasteiger partial charge in [-0.2, -0.15) is 0 Å². The second-order valence-electron chi connectivity index (χ2n) is 6.08. The summed E-state index contributed by atoms with van der Waals surface area (Å²) >= 11 is 6.25. The molecule has 4 heteroatoms. The van der Waals surface area contributed by atoms with Gasteiger partial charge < -0.3 is 4.90 Å². The number of hydrogen-bond donors (Lipinski definition) is 0. The van der Waals surface area contributed by atoms with Crippen molar-refractivity contribution in [1.82, 2.24) is 9.97 Å². The number of halogens is 1. The van der Waals surface area contributed by atoms with Crippen LogP contribution >= 0.6 is 11.6 Å². The molecule has 1 fully saturated rings. The average molecular weight is 282 g/mol. The minimum atomic E-state index is 0.341. The van der Waals surface area contributed by atoms with E-state index in [1.54, 1.807) is 6.33 Å². The molecule has 0 N–H and O–H groups in total. The fraction of sp³-hybridized carbons (Fsp3) is 0.733. The molecule has 1 aromatic heterocycles. The van der Waals surface area contributed by atoms with E-state index in [2.05, 4.69) is 42.7 Å². The Labute approximate surface area is 121 Å². The highest BCUT2D eigenvalue weighted by atomic mass is 35.5. The molecule has 0 aromatic carbocycles. The molecule has 0 radical (unpaired) electrons. The lowest BCUT2D eigenvalue weighted by atomic mass is 9.86. The third-order valence-electron chi connectivity index (χ3n) is 4.26. The van der Waals surface area contributed by atoms with Crippen LogP contribution < -0.4 is 4.90 Å². The van der Waals surface area contributed by atoms with Gasteiger partial charge >= 0.3 is 0 Å². The normalized spacial score (nSPS) is 23.7. The minimum absolute atomic E-state index is 0.341. The van der Waals surface area contributed by atoms with Gasteiger partial charge in [0.1, 0.15) is 17.3 Å². The van der Waals surface area contributed by atoms with E-state index >= 15 is 0 Å². The van der Waals surface area contributed by atoms with Crippen LogP contribution in [0.2, 0.25) is 5.15 Å². The smallest absolute Gasteiger partial charge is 0.138 e. The fourth-order valence-corrected chi connectivity index (χ4v) is 3.29. The molecular weight excluding hydrogens is 258 g/mol. The number of anilines is 1. The molecule has 0 atom stereocenters. The minimum Gasteiger partial charge on any atom is -0.356 e. The van der Waals surface area contributed by atoms with Crippen LogP contribution in [0.15, 0.2) is 6.33 Å². The zero-order chi connectivity index (χ0) is 14.0. The number of hydrogen-bond acceptors (Lipinski definition) is 3. The summed E-state index contributed by atoms with van der Waals surface area (Å²) in [5.74, 6) is 2.21. The molecule has 2 rings (SSSR count). The lowest BCUT2D eigenvalue weighted by Crippen LogP contribution is -2.36. The Kier molecular flexibility index (Phi) is 4.67. The quantitative estimate of drug-likeness (QED) is 0.775.